The zero-order valence-electron chi connectivity index (χ0n) is 11.0. The first-order chi connectivity index (χ1) is 9.04. The molecular formula is C14H17N3O2. The van der Waals surface area contributed by atoms with E-state index in [2.05, 4.69) is 9.97 Å². The molecule has 4 N–H and O–H groups in total. The number of hydrogen-bond donors (Lipinski definition) is 3. The highest BCUT2D eigenvalue weighted by molar-refractivity contribution is 5.70. The fourth-order valence-electron chi connectivity index (χ4n) is 1.94. The number of aryl methyl sites for hydroxylation is 1. The van der Waals surface area contributed by atoms with Gasteiger partial charge < -0.3 is 15.8 Å². The van der Waals surface area contributed by atoms with Crippen LogP contribution < -0.4 is 11.3 Å². The Balaban J connectivity index is 2.61. The normalized spacial score (nSPS) is 12.4. The summed E-state index contributed by atoms with van der Waals surface area (Å²) in [6.07, 6.45) is 0.631. The summed E-state index contributed by atoms with van der Waals surface area (Å²) in [5.41, 5.74) is 7.19. The van der Waals surface area contributed by atoms with Crippen molar-refractivity contribution in [2.75, 3.05) is 0 Å². The number of nitrogens with zero attached hydrogens (tertiary/aromatic N) is 1. The van der Waals surface area contributed by atoms with Crippen molar-refractivity contribution in [3.63, 3.8) is 0 Å². The van der Waals surface area contributed by atoms with Gasteiger partial charge in [-0.3, -0.25) is 4.79 Å². The van der Waals surface area contributed by atoms with E-state index >= 15 is 0 Å². The Bertz CT molecular complexity index is 649. The second-order valence-corrected chi connectivity index (χ2v) is 4.48. The highest BCUT2D eigenvalue weighted by Crippen LogP contribution is 2.26. The smallest absolute Gasteiger partial charge is 0.262 e. The molecule has 0 spiro atoms. The van der Waals surface area contributed by atoms with Crippen LogP contribution >= 0.6 is 0 Å². The Hall–Kier alpha value is -2.14. The Morgan fingerprint density at radius 2 is 2.11 bits per heavy atom. The van der Waals surface area contributed by atoms with Crippen molar-refractivity contribution in [1.82, 2.24) is 9.97 Å². The molecule has 2 aromatic rings. The number of aromatic amines is 1. The van der Waals surface area contributed by atoms with Crippen molar-refractivity contribution < 1.29 is 5.11 Å². The number of aromatic nitrogens is 2. The minimum Gasteiger partial charge on any atom is -0.493 e. The fraction of sp³-hybridized carbons (Fsp3) is 0.286. The van der Waals surface area contributed by atoms with E-state index in [-0.39, 0.29) is 23.0 Å². The number of hydrogen-bond acceptors (Lipinski definition) is 4. The van der Waals surface area contributed by atoms with Crippen molar-refractivity contribution in [2.24, 2.45) is 5.73 Å². The molecule has 2 rings (SSSR count). The zero-order chi connectivity index (χ0) is 14.0. The molecule has 1 heterocycles. The van der Waals surface area contributed by atoms with Gasteiger partial charge in [0.25, 0.3) is 5.56 Å². The largest absolute Gasteiger partial charge is 0.493 e. The zero-order valence-corrected chi connectivity index (χ0v) is 11.0. The van der Waals surface area contributed by atoms with E-state index in [0.29, 0.717) is 17.8 Å². The summed E-state index contributed by atoms with van der Waals surface area (Å²) in [5, 5.41) is 10.0. The van der Waals surface area contributed by atoms with Gasteiger partial charge in [-0.25, -0.2) is 0 Å². The fourth-order valence-corrected chi connectivity index (χ4v) is 1.94. The van der Waals surface area contributed by atoms with Crippen LogP contribution in [0.3, 0.4) is 0 Å². The minimum atomic E-state index is -0.385. The molecule has 1 aromatic heterocycles. The van der Waals surface area contributed by atoms with Crippen molar-refractivity contribution in [2.45, 2.75) is 26.3 Å². The van der Waals surface area contributed by atoms with Crippen LogP contribution in [0.4, 0.5) is 0 Å². The van der Waals surface area contributed by atoms with E-state index in [4.69, 9.17) is 5.73 Å². The molecule has 0 saturated carbocycles. The molecule has 0 bridgehead atoms. The third-order valence-electron chi connectivity index (χ3n) is 3.12. The van der Waals surface area contributed by atoms with E-state index in [9.17, 15) is 9.90 Å². The summed E-state index contributed by atoms with van der Waals surface area (Å²) in [7, 11) is 0. The van der Waals surface area contributed by atoms with E-state index in [1.54, 1.807) is 6.07 Å². The summed E-state index contributed by atoms with van der Waals surface area (Å²) in [6, 6.07) is 6.95. The topological polar surface area (TPSA) is 92.0 Å². The number of rotatable bonds is 3. The molecule has 0 amide bonds. The molecule has 5 heteroatoms. The quantitative estimate of drug-likeness (QED) is 0.784. The molecule has 1 aromatic carbocycles. The van der Waals surface area contributed by atoms with E-state index in [0.717, 1.165) is 5.56 Å². The SMILES string of the molecule is CCC(N)c1nc(O)c(-c2ccccc2C)c(=O)[nH]1. The molecule has 100 valence electrons. The second-order valence-electron chi connectivity index (χ2n) is 4.48. The Morgan fingerprint density at radius 3 is 2.68 bits per heavy atom. The predicted molar refractivity (Wildman–Crippen MR) is 73.9 cm³/mol. The molecule has 0 aliphatic carbocycles. The van der Waals surface area contributed by atoms with Crippen LogP contribution in [0.5, 0.6) is 5.88 Å². The van der Waals surface area contributed by atoms with Gasteiger partial charge in [0.2, 0.25) is 5.88 Å². The molecule has 0 fully saturated rings. The van der Waals surface area contributed by atoms with Crippen LogP contribution in [-0.4, -0.2) is 15.1 Å². The lowest BCUT2D eigenvalue weighted by Crippen LogP contribution is -2.20. The molecule has 0 aliphatic heterocycles. The van der Waals surface area contributed by atoms with Crippen LogP contribution in [0.1, 0.15) is 30.8 Å². The lowest BCUT2D eigenvalue weighted by molar-refractivity contribution is 0.446. The van der Waals surface area contributed by atoms with E-state index < -0.39 is 0 Å². The number of H-pyrrole nitrogens is 1. The van der Waals surface area contributed by atoms with Gasteiger partial charge >= 0.3 is 0 Å². The monoisotopic (exact) mass is 259 g/mol. The Labute approximate surface area is 111 Å². The first-order valence-electron chi connectivity index (χ1n) is 6.19. The molecule has 1 unspecified atom stereocenters. The predicted octanol–water partition coefficient (Wildman–Crippen LogP) is 1.86. The maximum atomic E-state index is 12.1. The summed E-state index contributed by atoms with van der Waals surface area (Å²) in [5.74, 6) is 0.0271. The Morgan fingerprint density at radius 1 is 1.42 bits per heavy atom. The molecule has 1 atom stereocenters. The Kier molecular flexibility index (Phi) is 3.66. The highest BCUT2D eigenvalue weighted by atomic mass is 16.3. The highest BCUT2D eigenvalue weighted by Gasteiger charge is 2.16. The van der Waals surface area contributed by atoms with Gasteiger partial charge in [0.05, 0.1) is 6.04 Å². The van der Waals surface area contributed by atoms with Crippen LogP contribution in [-0.2, 0) is 0 Å². The van der Waals surface area contributed by atoms with Gasteiger partial charge in [-0.1, -0.05) is 31.2 Å². The molecular weight excluding hydrogens is 242 g/mol. The maximum absolute atomic E-state index is 12.1. The van der Waals surface area contributed by atoms with Gasteiger partial charge in [0.15, 0.2) is 0 Å². The summed E-state index contributed by atoms with van der Waals surface area (Å²) in [4.78, 5) is 18.8. The number of aromatic hydroxyl groups is 1. The molecule has 0 radical (unpaired) electrons. The van der Waals surface area contributed by atoms with E-state index in [1.165, 1.54) is 0 Å². The van der Waals surface area contributed by atoms with Gasteiger partial charge in [-0.2, -0.15) is 4.98 Å². The number of nitrogens with one attached hydrogen (secondary N) is 1. The third kappa shape index (κ3) is 2.51. The summed E-state index contributed by atoms with van der Waals surface area (Å²) >= 11 is 0. The molecule has 0 saturated heterocycles. The average Bonchev–Trinajstić information content (AvgIpc) is 2.39. The third-order valence-corrected chi connectivity index (χ3v) is 3.12. The first-order valence-corrected chi connectivity index (χ1v) is 6.19. The molecule has 5 nitrogen and oxygen atoms in total. The minimum absolute atomic E-state index is 0.185. The summed E-state index contributed by atoms with van der Waals surface area (Å²) < 4.78 is 0. The molecule has 19 heavy (non-hydrogen) atoms. The molecule has 0 aliphatic rings. The van der Waals surface area contributed by atoms with Gasteiger partial charge in [0.1, 0.15) is 11.4 Å². The first kappa shape index (κ1) is 13.3. The number of nitrogens with two attached hydrogens (primary N) is 1. The van der Waals surface area contributed by atoms with Crippen molar-refractivity contribution >= 4 is 0 Å². The lowest BCUT2D eigenvalue weighted by Gasteiger charge is -2.11. The van der Waals surface area contributed by atoms with Crippen LogP contribution in [0.15, 0.2) is 29.1 Å². The van der Waals surface area contributed by atoms with Crippen LogP contribution in [0.25, 0.3) is 11.1 Å². The lowest BCUT2D eigenvalue weighted by atomic mass is 10.0. The van der Waals surface area contributed by atoms with Crippen molar-refractivity contribution in [3.05, 3.63) is 46.0 Å². The van der Waals surface area contributed by atoms with Gasteiger partial charge in [-0.15, -0.1) is 0 Å². The summed E-state index contributed by atoms with van der Waals surface area (Å²) in [6.45, 7) is 3.76. The van der Waals surface area contributed by atoms with Crippen molar-refractivity contribution in [1.29, 1.82) is 0 Å². The van der Waals surface area contributed by atoms with Gasteiger partial charge in [-0.05, 0) is 24.5 Å². The van der Waals surface area contributed by atoms with Crippen LogP contribution in [0.2, 0.25) is 0 Å². The average molecular weight is 259 g/mol. The van der Waals surface area contributed by atoms with Crippen LogP contribution in [0, 0.1) is 6.92 Å². The van der Waals surface area contributed by atoms with Crippen molar-refractivity contribution in [3.8, 4) is 17.0 Å². The van der Waals surface area contributed by atoms with E-state index in [1.807, 2.05) is 32.0 Å². The maximum Gasteiger partial charge on any atom is 0.262 e. The number of benzene rings is 1. The standard InChI is InChI=1S/C14H17N3O2/c1-3-10(15)12-16-13(18)11(14(19)17-12)9-7-5-4-6-8(9)2/h4-7,10H,3,15H2,1-2H3,(H2,16,17,18,19). The second kappa shape index (κ2) is 5.24. The van der Waals surface area contributed by atoms with Gasteiger partial charge in [0, 0.05) is 0 Å².